The summed E-state index contributed by atoms with van der Waals surface area (Å²) < 4.78 is 5.12. The number of aliphatic hydroxyl groups is 1. The van der Waals surface area contributed by atoms with Gasteiger partial charge in [0, 0.05) is 19.5 Å². The van der Waals surface area contributed by atoms with Crippen molar-refractivity contribution in [2.24, 2.45) is 0 Å². The minimum Gasteiger partial charge on any atom is -0.495 e. The molecule has 0 aliphatic carbocycles. The van der Waals surface area contributed by atoms with Gasteiger partial charge in [0.15, 0.2) is 0 Å². The van der Waals surface area contributed by atoms with Crippen molar-refractivity contribution in [2.45, 2.75) is 12.0 Å². The lowest BCUT2D eigenvalue weighted by Gasteiger charge is -2.37. The number of hydrogen-bond acceptors (Lipinski definition) is 3. The van der Waals surface area contributed by atoms with E-state index in [1.807, 2.05) is 12.1 Å². The number of methoxy groups -OCH3 is 1. The Kier molecular flexibility index (Phi) is 2.87. The molecule has 1 saturated heterocycles. The van der Waals surface area contributed by atoms with Crippen molar-refractivity contribution >= 4 is 11.6 Å². The molecule has 2 rings (SSSR count). The van der Waals surface area contributed by atoms with Crippen LogP contribution in [-0.2, 0) is 6.42 Å². The summed E-state index contributed by atoms with van der Waals surface area (Å²) in [5, 5.41) is 13.6. The molecule has 1 fully saturated rings. The number of hydrogen-bond donors (Lipinski definition) is 2. The van der Waals surface area contributed by atoms with Gasteiger partial charge in [0.25, 0.3) is 0 Å². The zero-order chi connectivity index (χ0) is 10.9. The summed E-state index contributed by atoms with van der Waals surface area (Å²) in [5.41, 5.74) is 0.444. The highest BCUT2D eigenvalue weighted by Gasteiger charge is 2.34. The van der Waals surface area contributed by atoms with E-state index in [9.17, 15) is 5.11 Å². The van der Waals surface area contributed by atoms with Gasteiger partial charge < -0.3 is 15.2 Å². The Balaban J connectivity index is 2.14. The number of ether oxygens (including phenoxy) is 1. The maximum atomic E-state index is 9.96. The minimum absolute atomic E-state index is 0.597. The first kappa shape index (κ1) is 10.7. The summed E-state index contributed by atoms with van der Waals surface area (Å²) >= 11 is 5.92. The summed E-state index contributed by atoms with van der Waals surface area (Å²) in [7, 11) is 1.59. The van der Waals surface area contributed by atoms with Crippen molar-refractivity contribution < 1.29 is 9.84 Å². The molecule has 0 radical (unpaired) electrons. The van der Waals surface area contributed by atoms with Crippen LogP contribution < -0.4 is 10.1 Å². The van der Waals surface area contributed by atoms with E-state index in [4.69, 9.17) is 16.3 Å². The fraction of sp³-hybridized carbons (Fsp3) is 0.455. The SMILES string of the molecule is COc1cc(CC2(O)CNC2)ccc1Cl. The highest BCUT2D eigenvalue weighted by Crippen LogP contribution is 2.27. The standard InChI is InChI=1S/C11H14ClNO2/c1-15-10-4-8(2-3-9(10)12)5-11(14)6-13-7-11/h2-4,13-14H,5-7H2,1H3. The zero-order valence-corrected chi connectivity index (χ0v) is 9.34. The van der Waals surface area contributed by atoms with Crippen molar-refractivity contribution in [2.75, 3.05) is 20.2 Å². The van der Waals surface area contributed by atoms with Crippen molar-refractivity contribution in [3.05, 3.63) is 28.8 Å². The zero-order valence-electron chi connectivity index (χ0n) is 8.59. The van der Waals surface area contributed by atoms with Gasteiger partial charge in [0.2, 0.25) is 0 Å². The Morgan fingerprint density at radius 1 is 1.53 bits per heavy atom. The third kappa shape index (κ3) is 2.25. The van der Waals surface area contributed by atoms with Crippen LogP contribution in [-0.4, -0.2) is 30.9 Å². The number of β-amino-alcohol motifs (C(OH)–C–C–N with tert-alkyl or cyclic N) is 1. The highest BCUT2D eigenvalue weighted by atomic mass is 35.5. The topological polar surface area (TPSA) is 41.5 Å². The Hall–Kier alpha value is -0.770. The fourth-order valence-corrected chi connectivity index (χ4v) is 1.93. The molecule has 1 aromatic carbocycles. The van der Waals surface area contributed by atoms with Crippen LogP contribution in [0, 0.1) is 0 Å². The van der Waals surface area contributed by atoms with Gasteiger partial charge in [-0.3, -0.25) is 0 Å². The van der Waals surface area contributed by atoms with E-state index >= 15 is 0 Å². The van der Waals surface area contributed by atoms with Gasteiger partial charge in [-0.2, -0.15) is 0 Å². The molecule has 1 aromatic rings. The Morgan fingerprint density at radius 3 is 2.80 bits per heavy atom. The quantitative estimate of drug-likeness (QED) is 0.816. The van der Waals surface area contributed by atoms with E-state index in [1.54, 1.807) is 13.2 Å². The summed E-state index contributed by atoms with van der Waals surface area (Å²) in [5.74, 6) is 0.657. The minimum atomic E-state index is -0.598. The first-order chi connectivity index (χ1) is 7.13. The molecule has 82 valence electrons. The van der Waals surface area contributed by atoms with Crippen LogP contribution in [0.2, 0.25) is 5.02 Å². The summed E-state index contributed by atoms with van der Waals surface area (Å²) in [6.07, 6.45) is 0.632. The van der Waals surface area contributed by atoms with Gasteiger partial charge in [-0.25, -0.2) is 0 Å². The molecule has 0 aromatic heterocycles. The summed E-state index contributed by atoms with van der Waals surface area (Å²) in [6.45, 7) is 1.30. The van der Waals surface area contributed by atoms with Crippen LogP contribution in [0.25, 0.3) is 0 Å². The van der Waals surface area contributed by atoms with E-state index in [0.29, 0.717) is 30.3 Å². The Labute approximate surface area is 94.0 Å². The smallest absolute Gasteiger partial charge is 0.137 e. The maximum Gasteiger partial charge on any atom is 0.137 e. The molecule has 1 aliphatic heterocycles. The van der Waals surface area contributed by atoms with Crippen LogP contribution >= 0.6 is 11.6 Å². The molecule has 0 spiro atoms. The lowest BCUT2D eigenvalue weighted by molar-refractivity contribution is -0.00904. The van der Waals surface area contributed by atoms with E-state index in [0.717, 1.165) is 5.56 Å². The molecular weight excluding hydrogens is 214 g/mol. The van der Waals surface area contributed by atoms with Gasteiger partial charge >= 0.3 is 0 Å². The monoisotopic (exact) mass is 227 g/mol. The lowest BCUT2D eigenvalue weighted by atomic mass is 9.89. The second-order valence-corrected chi connectivity index (χ2v) is 4.38. The molecule has 1 heterocycles. The fourth-order valence-electron chi connectivity index (χ4n) is 1.73. The van der Waals surface area contributed by atoms with Crippen LogP contribution in [0.1, 0.15) is 5.56 Å². The van der Waals surface area contributed by atoms with Crippen molar-refractivity contribution in [1.29, 1.82) is 0 Å². The lowest BCUT2D eigenvalue weighted by Crippen LogP contribution is -2.60. The molecule has 0 bridgehead atoms. The van der Waals surface area contributed by atoms with Crippen LogP contribution in [0.3, 0.4) is 0 Å². The highest BCUT2D eigenvalue weighted by molar-refractivity contribution is 6.32. The second-order valence-electron chi connectivity index (χ2n) is 3.97. The van der Waals surface area contributed by atoms with Gasteiger partial charge in [0.05, 0.1) is 17.7 Å². The third-order valence-electron chi connectivity index (χ3n) is 2.66. The molecule has 3 nitrogen and oxygen atoms in total. The molecule has 0 unspecified atom stereocenters. The summed E-state index contributed by atoms with van der Waals surface area (Å²) in [6, 6.07) is 5.59. The van der Waals surface area contributed by atoms with Crippen molar-refractivity contribution in [3.63, 3.8) is 0 Å². The number of halogens is 1. The van der Waals surface area contributed by atoms with Gasteiger partial charge in [-0.1, -0.05) is 17.7 Å². The van der Waals surface area contributed by atoms with E-state index in [-0.39, 0.29) is 0 Å². The Morgan fingerprint density at radius 2 is 2.27 bits per heavy atom. The molecule has 2 N–H and O–H groups in total. The average Bonchev–Trinajstić information content (AvgIpc) is 2.18. The van der Waals surface area contributed by atoms with Gasteiger partial charge in [-0.15, -0.1) is 0 Å². The number of nitrogens with one attached hydrogen (secondary N) is 1. The maximum absolute atomic E-state index is 9.96. The van der Waals surface area contributed by atoms with Gasteiger partial charge in [0.1, 0.15) is 5.75 Å². The average molecular weight is 228 g/mol. The number of rotatable bonds is 3. The van der Waals surface area contributed by atoms with Crippen LogP contribution in [0.5, 0.6) is 5.75 Å². The largest absolute Gasteiger partial charge is 0.495 e. The third-order valence-corrected chi connectivity index (χ3v) is 2.97. The molecule has 0 amide bonds. The second kappa shape index (κ2) is 4.00. The first-order valence-electron chi connectivity index (χ1n) is 4.88. The predicted molar refractivity (Wildman–Crippen MR) is 59.5 cm³/mol. The first-order valence-corrected chi connectivity index (χ1v) is 5.26. The normalized spacial score (nSPS) is 18.3. The van der Waals surface area contributed by atoms with Crippen LogP contribution in [0.4, 0.5) is 0 Å². The molecule has 4 heteroatoms. The molecule has 0 saturated carbocycles. The molecule has 1 aliphatic rings. The Bertz CT molecular complexity index is 364. The van der Waals surface area contributed by atoms with Gasteiger partial charge in [-0.05, 0) is 17.7 Å². The van der Waals surface area contributed by atoms with Crippen molar-refractivity contribution in [1.82, 2.24) is 5.32 Å². The van der Waals surface area contributed by atoms with Crippen LogP contribution in [0.15, 0.2) is 18.2 Å². The molecule has 0 atom stereocenters. The predicted octanol–water partition coefficient (Wildman–Crippen LogP) is 1.23. The van der Waals surface area contributed by atoms with E-state index in [1.165, 1.54) is 0 Å². The molecule has 15 heavy (non-hydrogen) atoms. The molecular formula is C11H14ClNO2. The number of benzene rings is 1. The van der Waals surface area contributed by atoms with E-state index in [2.05, 4.69) is 5.32 Å². The summed E-state index contributed by atoms with van der Waals surface area (Å²) in [4.78, 5) is 0. The van der Waals surface area contributed by atoms with Crippen molar-refractivity contribution in [3.8, 4) is 5.75 Å². The van der Waals surface area contributed by atoms with E-state index < -0.39 is 5.60 Å².